The molecule has 0 unspecified atom stereocenters. The van der Waals surface area contributed by atoms with Crippen LogP contribution < -0.4 is 0 Å². The zero-order valence-electron chi connectivity index (χ0n) is 6.00. The first-order valence-corrected chi connectivity index (χ1v) is 2.69. The van der Waals surface area contributed by atoms with E-state index in [1.165, 1.54) is 6.08 Å². The lowest BCUT2D eigenvalue weighted by Crippen LogP contribution is -1.82. The van der Waals surface area contributed by atoms with Crippen molar-refractivity contribution in [2.24, 2.45) is 0 Å². The summed E-state index contributed by atoms with van der Waals surface area (Å²) in [4.78, 5) is 0. The summed E-state index contributed by atoms with van der Waals surface area (Å²) in [5.74, 6) is 0. The predicted molar refractivity (Wildman–Crippen MR) is 37.9 cm³/mol. The molecular weight excluding hydrogens is 128 g/mol. The molecule has 0 bridgehead atoms. The second-order valence-electron chi connectivity index (χ2n) is 1.23. The van der Waals surface area contributed by atoms with Crippen molar-refractivity contribution in [1.82, 2.24) is 0 Å². The molecule has 0 spiro atoms. The van der Waals surface area contributed by atoms with Gasteiger partial charge in [-0.25, -0.2) is 0 Å². The van der Waals surface area contributed by atoms with Crippen LogP contribution in [0.15, 0.2) is 12.7 Å². The second kappa shape index (κ2) is 15.6. The fraction of sp³-hybridized carbons (Fsp3) is 0.429. The number of hydrogen-bond donors (Lipinski definition) is 0. The Morgan fingerprint density at radius 1 is 1.60 bits per heavy atom. The Morgan fingerprint density at radius 3 is 2.20 bits per heavy atom. The summed E-state index contributed by atoms with van der Waals surface area (Å²) in [6.07, 6.45) is 1.68. The molecule has 0 aromatic heterocycles. The molecular formula is C7H10N2O. The molecule has 54 valence electrons. The lowest BCUT2D eigenvalue weighted by molar-refractivity contribution is 0.205. The van der Waals surface area contributed by atoms with Crippen LogP contribution in [-0.2, 0) is 4.74 Å². The third kappa shape index (κ3) is 30.0. The van der Waals surface area contributed by atoms with E-state index in [0.29, 0.717) is 13.0 Å². The van der Waals surface area contributed by atoms with Crippen LogP contribution in [0.25, 0.3) is 0 Å². The molecule has 3 heteroatoms. The molecule has 0 atom stereocenters. The third-order valence-electron chi connectivity index (χ3n) is 0.509. The van der Waals surface area contributed by atoms with Gasteiger partial charge in [-0.1, -0.05) is 6.58 Å². The van der Waals surface area contributed by atoms with Gasteiger partial charge in [0, 0.05) is 13.2 Å². The average Bonchev–Trinajstić information content (AvgIpc) is 2.01. The fourth-order valence-corrected chi connectivity index (χ4v) is 0.148. The van der Waals surface area contributed by atoms with Crippen molar-refractivity contribution in [2.75, 3.05) is 13.7 Å². The van der Waals surface area contributed by atoms with Gasteiger partial charge in [0.2, 0.25) is 0 Å². The first-order chi connectivity index (χ1) is 4.83. The highest BCUT2D eigenvalue weighted by atomic mass is 16.5. The smallest absolute Gasteiger partial charge is 0.0905 e. The molecule has 0 aromatic carbocycles. The summed E-state index contributed by atoms with van der Waals surface area (Å²) >= 11 is 0. The van der Waals surface area contributed by atoms with Crippen molar-refractivity contribution >= 4 is 0 Å². The lowest BCUT2D eigenvalue weighted by atomic mass is 10.5. The Balaban J connectivity index is 0. The van der Waals surface area contributed by atoms with Gasteiger partial charge in [0.25, 0.3) is 0 Å². The van der Waals surface area contributed by atoms with Crippen LogP contribution in [0, 0.1) is 22.7 Å². The first kappa shape index (κ1) is 11.5. The highest BCUT2D eigenvalue weighted by molar-refractivity contribution is 4.93. The molecule has 0 aliphatic carbocycles. The van der Waals surface area contributed by atoms with E-state index in [0.717, 1.165) is 0 Å². The highest BCUT2D eigenvalue weighted by Gasteiger charge is 1.73. The summed E-state index contributed by atoms with van der Waals surface area (Å²) in [5, 5.41) is 15.4. The van der Waals surface area contributed by atoms with E-state index < -0.39 is 0 Å². The number of methoxy groups -OCH3 is 1. The average molecular weight is 138 g/mol. The minimum absolute atomic E-state index is 0.497. The number of nitrogens with zero attached hydrogens (tertiary/aromatic N) is 2. The monoisotopic (exact) mass is 138 g/mol. The SMILES string of the molecule is C=CC#N.COCCC#N. The third-order valence-corrected chi connectivity index (χ3v) is 0.509. The molecule has 0 saturated heterocycles. The van der Waals surface area contributed by atoms with Crippen molar-refractivity contribution in [1.29, 1.82) is 10.5 Å². The van der Waals surface area contributed by atoms with Crippen molar-refractivity contribution in [3.63, 3.8) is 0 Å². The van der Waals surface area contributed by atoms with Crippen LogP contribution in [0.1, 0.15) is 6.42 Å². The lowest BCUT2D eigenvalue weighted by Gasteiger charge is -1.82. The van der Waals surface area contributed by atoms with Crippen molar-refractivity contribution in [3.05, 3.63) is 12.7 Å². The van der Waals surface area contributed by atoms with Gasteiger partial charge in [0.15, 0.2) is 0 Å². The van der Waals surface area contributed by atoms with Crippen molar-refractivity contribution in [3.8, 4) is 12.1 Å². The molecule has 0 aromatic rings. The molecule has 0 aliphatic rings. The van der Waals surface area contributed by atoms with E-state index in [1.807, 2.05) is 6.07 Å². The molecule has 0 saturated carbocycles. The minimum Gasteiger partial charge on any atom is -0.384 e. The Kier molecular flexibility index (Phi) is 18.0. The van der Waals surface area contributed by atoms with Crippen LogP contribution >= 0.6 is 0 Å². The van der Waals surface area contributed by atoms with Gasteiger partial charge in [-0.3, -0.25) is 0 Å². The van der Waals surface area contributed by atoms with E-state index in [2.05, 4.69) is 11.3 Å². The zero-order chi connectivity index (χ0) is 8.24. The molecule has 0 heterocycles. The number of allylic oxidation sites excluding steroid dienone is 1. The normalized spacial score (nSPS) is 5.90. The van der Waals surface area contributed by atoms with Gasteiger partial charge in [-0.2, -0.15) is 10.5 Å². The number of nitriles is 2. The molecule has 0 amide bonds. The molecule has 0 fully saturated rings. The Labute approximate surface area is 61.1 Å². The molecule has 0 radical (unpaired) electrons. The Morgan fingerprint density at radius 2 is 2.10 bits per heavy atom. The van der Waals surface area contributed by atoms with Crippen molar-refractivity contribution in [2.45, 2.75) is 6.42 Å². The summed E-state index contributed by atoms with van der Waals surface area (Å²) in [6, 6.07) is 3.64. The maximum absolute atomic E-state index is 7.87. The van der Waals surface area contributed by atoms with Gasteiger partial charge in [0.1, 0.15) is 0 Å². The van der Waals surface area contributed by atoms with Crippen LogP contribution in [-0.4, -0.2) is 13.7 Å². The quantitative estimate of drug-likeness (QED) is 0.426. The number of rotatable bonds is 2. The van der Waals surface area contributed by atoms with Gasteiger partial charge in [-0.05, 0) is 0 Å². The van der Waals surface area contributed by atoms with Crippen LogP contribution in [0.4, 0.5) is 0 Å². The fourth-order valence-electron chi connectivity index (χ4n) is 0.148. The summed E-state index contributed by atoms with van der Waals surface area (Å²) in [6.45, 7) is 3.67. The summed E-state index contributed by atoms with van der Waals surface area (Å²) in [7, 11) is 1.58. The molecule has 10 heavy (non-hydrogen) atoms. The first-order valence-electron chi connectivity index (χ1n) is 2.69. The van der Waals surface area contributed by atoms with Gasteiger partial charge >= 0.3 is 0 Å². The number of hydrogen-bond acceptors (Lipinski definition) is 3. The standard InChI is InChI=1S/C4H7NO.C3H3N/c1-6-4-2-3-5;1-2-3-4/h2,4H2,1H3;2H,1H2. The minimum atomic E-state index is 0.497. The van der Waals surface area contributed by atoms with E-state index in [1.54, 1.807) is 13.2 Å². The van der Waals surface area contributed by atoms with E-state index in [4.69, 9.17) is 10.5 Å². The molecule has 3 nitrogen and oxygen atoms in total. The van der Waals surface area contributed by atoms with Crippen molar-refractivity contribution < 1.29 is 4.74 Å². The van der Waals surface area contributed by atoms with Crippen LogP contribution in [0.2, 0.25) is 0 Å². The largest absolute Gasteiger partial charge is 0.384 e. The van der Waals surface area contributed by atoms with Gasteiger partial charge < -0.3 is 4.74 Å². The zero-order valence-corrected chi connectivity index (χ0v) is 6.00. The van der Waals surface area contributed by atoms with Crippen LogP contribution in [0.3, 0.4) is 0 Å². The van der Waals surface area contributed by atoms with E-state index in [-0.39, 0.29) is 0 Å². The maximum Gasteiger partial charge on any atom is 0.0905 e. The van der Waals surface area contributed by atoms with Gasteiger partial charge in [-0.15, -0.1) is 0 Å². The summed E-state index contributed by atoms with van der Waals surface area (Å²) < 4.78 is 4.56. The predicted octanol–water partition coefficient (Wildman–Crippen LogP) is 1.24. The molecule has 0 N–H and O–H groups in total. The van der Waals surface area contributed by atoms with E-state index in [9.17, 15) is 0 Å². The Bertz CT molecular complexity index is 141. The molecule has 0 rings (SSSR count). The summed E-state index contributed by atoms with van der Waals surface area (Å²) in [5.41, 5.74) is 0. The second-order valence-corrected chi connectivity index (χ2v) is 1.23. The maximum atomic E-state index is 7.87. The highest BCUT2D eigenvalue weighted by Crippen LogP contribution is 1.71. The topological polar surface area (TPSA) is 56.8 Å². The van der Waals surface area contributed by atoms with Gasteiger partial charge in [0.05, 0.1) is 25.2 Å². The van der Waals surface area contributed by atoms with E-state index >= 15 is 0 Å². The molecule has 0 aliphatic heterocycles. The Hall–Kier alpha value is -1.32. The van der Waals surface area contributed by atoms with Crippen LogP contribution in [0.5, 0.6) is 0 Å². The number of ether oxygens (including phenoxy) is 1.